The van der Waals surface area contributed by atoms with Gasteiger partial charge in [-0.25, -0.2) is 17.6 Å². The van der Waals surface area contributed by atoms with Crippen LogP contribution in [0.3, 0.4) is 0 Å². The molecule has 0 atom stereocenters. The highest BCUT2D eigenvalue weighted by Crippen LogP contribution is 2.31. The minimum Gasteiger partial charge on any atom is -0.203 e. The Balaban J connectivity index is 3.65. The van der Waals surface area contributed by atoms with Crippen molar-refractivity contribution in [3.05, 3.63) is 39.3 Å². The van der Waals surface area contributed by atoms with E-state index in [1.807, 2.05) is 0 Å². The minimum atomic E-state index is -1.71. The number of hydrogen-bond acceptors (Lipinski definition) is 1. The van der Waals surface area contributed by atoms with Crippen LogP contribution in [0.15, 0.2) is 5.11 Å². The number of halogens is 5. The molecule has 0 aliphatic rings. The Morgan fingerprint density at radius 2 is 1.53 bits per heavy atom. The van der Waals surface area contributed by atoms with Crippen molar-refractivity contribution >= 4 is 21.6 Å². The minimum absolute atomic E-state index is 0.394. The zero-order valence-corrected chi connectivity index (χ0v) is 8.52. The highest BCUT2D eigenvalue weighted by atomic mass is 79.9. The molecule has 8 heteroatoms. The number of azide groups is 1. The average molecular weight is 284 g/mol. The van der Waals surface area contributed by atoms with E-state index in [9.17, 15) is 17.6 Å². The second kappa shape index (κ2) is 4.50. The van der Waals surface area contributed by atoms with Gasteiger partial charge in [0.2, 0.25) is 0 Å². The van der Waals surface area contributed by atoms with Gasteiger partial charge in [-0.1, -0.05) is 21.0 Å². The summed E-state index contributed by atoms with van der Waals surface area (Å²) in [7, 11) is 0. The highest BCUT2D eigenvalue weighted by Gasteiger charge is 2.23. The van der Waals surface area contributed by atoms with Crippen molar-refractivity contribution < 1.29 is 17.6 Å². The summed E-state index contributed by atoms with van der Waals surface area (Å²) in [6.07, 6.45) is 0. The van der Waals surface area contributed by atoms with Gasteiger partial charge in [0.1, 0.15) is 5.69 Å². The summed E-state index contributed by atoms with van der Waals surface area (Å²) in [5.41, 5.74) is 5.85. The molecule has 1 rings (SSSR count). The van der Waals surface area contributed by atoms with E-state index in [-0.39, 0.29) is 0 Å². The van der Waals surface area contributed by atoms with Crippen molar-refractivity contribution in [2.45, 2.75) is 5.33 Å². The molecule has 0 spiro atoms. The zero-order chi connectivity index (χ0) is 11.6. The fraction of sp³-hybridized carbons (Fsp3) is 0.143. The van der Waals surface area contributed by atoms with Crippen LogP contribution < -0.4 is 0 Å². The van der Waals surface area contributed by atoms with Crippen LogP contribution in [0.25, 0.3) is 10.4 Å². The van der Waals surface area contributed by atoms with Crippen LogP contribution in [0.2, 0.25) is 0 Å². The van der Waals surface area contributed by atoms with Crippen LogP contribution in [0, 0.1) is 23.3 Å². The molecule has 0 heterocycles. The molecule has 0 aliphatic heterocycles. The van der Waals surface area contributed by atoms with Crippen molar-refractivity contribution in [2.75, 3.05) is 0 Å². The Kier molecular flexibility index (Phi) is 3.54. The van der Waals surface area contributed by atoms with Crippen molar-refractivity contribution in [3.8, 4) is 0 Å². The van der Waals surface area contributed by atoms with Gasteiger partial charge in [0, 0.05) is 15.8 Å². The van der Waals surface area contributed by atoms with Gasteiger partial charge in [-0.15, -0.1) is 0 Å². The lowest BCUT2D eigenvalue weighted by molar-refractivity contribution is 0.447. The lowest BCUT2D eigenvalue weighted by Crippen LogP contribution is -2.01. The van der Waals surface area contributed by atoms with Gasteiger partial charge in [0.15, 0.2) is 23.3 Å². The summed E-state index contributed by atoms with van der Waals surface area (Å²) >= 11 is 2.67. The van der Waals surface area contributed by atoms with E-state index < -0.39 is 39.8 Å². The predicted octanol–water partition coefficient (Wildman–Crippen LogP) is 4.08. The first kappa shape index (κ1) is 11.8. The maximum Gasteiger partial charge on any atom is 0.171 e. The first-order chi connectivity index (χ1) is 7.04. The van der Waals surface area contributed by atoms with Crippen LogP contribution in [0.5, 0.6) is 0 Å². The Bertz CT molecular complexity index is 427. The second-order valence-corrected chi connectivity index (χ2v) is 2.97. The summed E-state index contributed by atoms with van der Waals surface area (Å²) < 4.78 is 52.1. The molecule has 0 saturated carbocycles. The molecule has 0 unspecified atom stereocenters. The van der Waals surface area contributed by atoms with Gasteiger partial charge in [-0.2, -0.15) is 0 Å². The molecule has 0 amide bonds. The van der Waals surface area contributed by atoms with Gasteiger partial charge in [-0.05, 0) is 5.53 Å². The van der Waals surface area contributed by atoms with Crippen LogP contribution in [-0.4, -0.2) is 0 Å². The van der Waals surface area contributed by atoms with Gasteiger partial charge < -0.3 is 0 Å². The van der Waals surface area contributed by atoms with Gasteiger partial charge in [0.05, 0.1) is 0 Å². The Hall–Kier alpha value is -1.27. The molecular weight excluding hydrogens is 282 g/mol. The van der Waals surface area contributed by atoms with E-state index >= 15 is 0 Å². The molecule has 0 radical (unpaired) electrons. The van der Waals surface area contributed by atoms with E-state index in [0.717, 1.165) is 0 Å². The number of rotatable bonds is 2. The zero-order valence-electron chi connectivity index (χ0n) is 6.94. The SMILES string of the molecule is [N-]=[N+]=Nc1c(F)c(F)c(CBr)c(F)c1F. The average Bonchev–Trinajstić information content (AvgIpc) is 2.23. The molecule has 0 aliphatic carbocycles. The normalized spacial score (nSPS) is 9.93. The van der Waals surface area contributed by atoms with E-state index in [1.165, 1.54) is 0 Å². The third-order valence-corrected chi connectivity index (χ3v) is 2.17. The standard InChI is InChI=1S/C7H2BrF4N3/c8-1-2-3(9)5(11)7(14-15-13)6(12)4(2)10/h1H2. The summed E-state index contributed by atoms with van der Waals surface area (Å²) in [6, 6.07) is 0. The highest BCUT2D eigenvalue weighted by molar-refractivity contribution is 9.08. The molecule has 0 saturated heterocycles. The predicted molar refractivity (Wildman–Crippen MR) is 47.7 cm³/mol. The van der Waals surface area contributed by atoms with Gasteiger partial charge in [0.25, 0.3) is 0 Å². The molecule has 80 valence electrons. The molecule has 1 aromatic rings. The quantitative estimate of drug-likeness (QED) is 0.196. The lowest BCUT2D eigenvalue weighted by atomic mass is 10.2. The van der Waals surface area contributed by atoms with Crippen LogP contribution >= 0.6 is 15.9 Å². The van der Waals surface area contributed by atoms with Crippen LogP contribution in [0.4, 0.5) is 23.2 Å². The molecule has 0 N–H and O–H groups in total. The van der Waals surface area contributed by atoms with Crippen LogP contribution in [-0.2, 0) is 5.33 Å². The molecule has 0 aromatic heterocycles. The lowest BCUT2D eigenvalue weighted by Gasteiger charge is -2.06. The molecule has 1 aromatic carbocycles. The maximum atomic E-state index is 13.0. The third-order valence-electron chi connectivity index (χ3n) is 1.61. The summed E-state index contributed by atoms with van der Waals surface area (Å²) in [4.78, 5) is 2.07. The molecule has 0 bridgehead atoms. The Morgan fingerprint density at radius 1 is 1.07 bits per heavy atom. The van der Waals surface area contributed by atoms with E-state index in [0.29, 0.717) is 0 Å². The Labute approximate surface area is 89.5 Å². The number of benzene rings is 1. The number of alkyl halides is 1. The first-order valence-corrected chi connectivity index (χ1v) is 4.62. The van der Waals surface area contributed by atoms with E-state index in [2.05, 4.69) is 26.0 Å². The molecule has 0 fully saturated rings. The smallest absolute Gasteiger partial charge is 0.171 e. The third kappa shape index (κ3) is 1.91. The maximum absolute atomic E-state index is 13.0. The van der Waals surface area contributed by atoms with E-state index in [1.54, 1.807) is 0 Å². The summed E-state index contributed by atoms with van der Waals surface area (Å²) in [5.74, 6) is -6.57. The van der Waals surface area contributed by atoms with Crippen molar-refractivity contribution in [1.82, 2.24) is 0 Å². The first-order valence-electron chi connectivity index (χ1n) is 3.50. The van der Waals surface area contributed by atoms with Crippen molar-refractivity contribution in [1.29, 1.82) is 0 Å². The summed E-state index contributed by atoms with van der Waals surface area (Å²) in [6.45, 7) is 0. The van der Waals surface area contributed by atoms with Crippen LogP contribution in [0.1, 0.15) is 5.56 Å². The van der Waals surface area contributed by atoms with Crippen molar-refractivity contribution in [2.24, 2.45) is 5.11 Å². The second-order valence-electron chi connectivity index (χ2n) is 2.41. The molecule has 3 nitrogen and oxygen atoms in total. The largest absolute Gasteiger partial charge is 0.203 e. The van der Waals surface area contributed by atoms with Crippen molar-refractivity contribution in [3.63, 3.8) is 0 Å². The number of nitrogens with zero attached hydrogens (tertiary/aromatic N) is 3. The Morgan fingerprint density at radius 3 is 1.87 bits per heavy atom. The fourth-order valence-corrected chi connectivity index (χ4v) is 1.41. The van der Waals surface area contributed by atoms with Gasteiger partial charge in [-0.3, -0.25) is 0 Å². The monoisotopic (exact) mass is 283 g/mol. The number of hydrogen-bond donors (Lipinski definition) is 0. The van der Waals surface area contributed by atoms with Gasteiger partial charge >= 0.3 is 0 Å². The molecular formula is C7H2BrF4N3. The fourth-order valence-electron chi connectivity index (χ4n) is 0.915. The summed E-state index contributed by atoms with van der Waals surface area (Å²) in [5, 5.41) is 2.14. The topological polar surface area (TPSA) is 48.8 Å². The molecule has 15 heavy (non-hydrogen) atoms. The van der Waals surface area contributed by atoms with E-state index in [4.69, 9.17) is 5.53 Å².